The highest BCUT2D eigenvalue weighted by atomic mass is 16.5. The van der Waals surface area contributed by atoms with E-state index in [0.717, 1.165) is 35.0 Å². The summed E-state index contributed by atoms with van der Waals surface area (Å²) in [7, 11) is 1.60. The zero-order valence-corrected chi connectivity index (χ0v) is 15.5. The Balaban J connectivity index is 1.49. The molecule has 8 heteroatoms. The summed E-state index contributed by atoms with van der Waals surface area (Å²) in [6, 6.07) is 7.45. The van der Waals surface area contributed by atoms with E-state index in [4.69, 9.17) is 18.4 Å². The largest absolute Gasteiger partial charge is 0.493 e. The van der Waals surface area contributed by atoms with Crippen LogP contribution in [0, 0.1) is 0 Å². The van der Waals surface area contributed by atoms with E-state index in [1.165, 1.54) is 0 Å². The number of benzene rings is 1. The first-order valence-electron chi connectivity index (χ1n) is 9.17. The monoisotopic (exact) mass is 378 g/mol. The molecule has 1 fully saturated rings. The second-order valence-electron chi connectivity index (χ2n) is 6.63. The van der Waals surface area contributed by atoms with Crippen LogP contribution in [0.15, 0.2) is 39.4 Å². The summed E-state index contributed by atoms with van der Waals surface area (Å²) in [5.74, 6) is 2.53. The number of pyridine rings is 1. The Morgan fingerprint density at radius 2 is 1.89 bits per heavy atom. The molecule has 1 saturated carbocycles. The predicted octanol–water partition coefficient (Wildman–Crippen LogP) is 4.22. The van der Waals surface area contributed by atoms with Gasteiger partial charge in [-0.15, -0.1) is 10.2 Å². The van der Waals surface area contributed by atoms with Gasteiger partial charge in [-0.25, -0.2) is 4.98 Å². The SMILES string of the molecule is CCOc1ccc(-c2nnc(-c3cnc4onc(C5CC5)c4c3)o2)cc1OC. The molecule has 0 unspecified atom stereocenters. The lowest BCUT2D eigenvalue weighted by Crippen LogP contribution is -1.95. The number of hydrogen-bond acceptors (Lipinski definition) is 8. The number of hydrogen-bond donors (Lipinski definition) is 0. The Hall–Kier alpha value is -3.42. The van der Waals surface area contributed by atoms with Crippen molar-refractivity contribution in [2.45, 2.75) is 25.7 Å². The Kier molecular flexibility index (Phi) is 3.96. The first-order chi connectivity index (χ1) is 13.8. The molecule has 3 aromatic heterocycles. The Labute approximate surface area is 160 Å². The highest BCUT2D eigenvalue weighted by Gasteiger charge is 2.29. The fourth-order valence-electron chi connectivity index (χ4n) is 3.15. The number of fused-ring (bicyclic) bond motifs is 1. The van der Waals surface area contributed by atoms with Crippen molar-refractivity contribution in [2.75, 3.05) is 13.7 Å². The van der Waals surface area contributed by atoms with Gasteiger partial charge < -0.3 is 18.4 Å². The Bertz CT molecular complexity index is 1150. The second kappa shape index (κ2) is 6.63. The molecule has 0 spiro atoms. The molecule has 0 amide bonds. The fraction of sp³-hybridized carbons (Fsp3) is 0.300. The molecule has 142 valence electrons. The number of nitrogens with zero attached hydrogens (tertiary/aromatic N) is 4. The molecule has 0 bridgehead atoms. The predicted molar refractivity (Wildman–Crippen MR) is 100 cm³/mol. The van der Waals surface area contributed by atoms with Crippen LogP contribution in [0.5, 0.6) is 11.5 Å². The van der Waals surface area contributed by atoms with Crippen molar-refractivity contribution >= 4 is 11.1 Å². The third-order valence-electron chi connectivity index (χ3n) is 4.70. The lowest BCUT2D eigenvalue weighted by atomic mass is 10.1. The van der Waals surface area contributed by atoms with Gasteiger partial charge in [0.2, 0.25) is 11.8 Å². The summed E-state index contributed by atoms with van der Waals surface area (Å²) in [6.07, 6.45) is 3.92. The highest BCUT2D eigenvalue weighted by molar-refractivity contribution is 5.81. The van der Waals surface area contributed by atoms with Crippen LogP contribution in [-0.4, -0.2) is 34.1 Å². The summed E-state index contributed by atoms with van der Waals surface area (Å²) >= 11 is 0. The van der Waals surface area contributed by atoms with Crippen molar-refractivity contribution in [3.63, 3.8) is 0 Å². The van der Waals surface area contributed by atoms with E-state index in [0.29, 0.717) is 41.5 Å². The van der Waals surface area contributed by atoms with Crippen LogP contribution < -0.4 is 9.47 Å². The summed E-state index contributed by atoms with van der Waals surface area (Å²) in [4.78, 5) is 4.34. The summed E-state index contributed by atoms with van der Waals surface area (Å²) in [5, 5.41) is 13.4. The highest BCUT2D eigenvalue weighted by Crippen LogP contribution is 2.42. The van der Waals surface area contributed by atoms with E-state index in [1.54, 1.807) is 13.3 Å². The lowest BCUT2D eigenvalue weighted by molar-refractivity contribution is 0.311. The van der Waals surface area contributed by atoms with Gasteiger partial charge in [-0.1, -0.05) is 5.16 Å². The molecule has 0 atom stereocenters. The molecule has 5 rings (SSSR count). The van der Waals surface area contributed by atoms with Crippen LogP contribution in [-0.2, 0) is 0 Å². The molecule has 0 saturated heterocycles. The van der Waals surface area contributed by atoms with Crippen molar-refractivity contribution in [1.82, 2.24) is 20.3 Å². The normalized spacial score (nSPS) is 13.8. The minimum Gasteiger partial charge on any atom is -0.493 e. The first kappa shape index (κ1) is 16.7. The second-order valence-corrected chi connectivity index (χ2v) is 6.63. The lowest BCUT2D eigenvalue weighted by Gasteiger charge is -2.09. The van der Waals surface area contributed by atoms with E-state index in [-0.39, 0.29) is 0 Å². The zero-order valence-electron chi connectivity index (χ0n) is 15.5. The van der Waals surface area contributed by atoms with Crippen LogP contribution in [0.25, 0.3) is 34.0 Å². The molecular formula is C20H18N4O4. The summed E-state index contributed by atoms with van der Waals surface area (Å²) in [6.45, 7) is 2.48. The molecular weight excluding hydrogens is 360 g/mol. The smallest absolute Gasteiger partial charge is 0.257 e. The van der Waals surface area contributed by atoms with Gasteiger partial charge in [0.25, 0.3) is 5.71 Å². The average Bonchev–Trinajstić information content (AvgIpc) is 3.28. The number of rotatable bonds is 6. The van der Waals surface area contributed by atoms with Gasteiger partial charge in [0.1, 0.15) is 0 Å². The molecule has 8 nitrogen and oxygen atoms in total. The van der Waals surface area contributed by atoms with Gasteiger partial charge >= 0.3 is 0 Å². The summed E-state index contributed by atoms with van der Waals surface area (Å²) < 4.78 is 22.1. The molecule has 0 aliphatic heterocycles. The van der Waals surface area contributed by atoms with E-state index in [9.17, 15) is 0 Å². The van der Waals surface area contributed by atoms with Crippen molar-refractivity contribution in [2.24, 2.45) is 0 Å². The molecule has 1 aliphatic rings. The summed E-state index contributed by atoms with van der Waals surface area (Å²) in [5.41, 5.74) is 2.97. The third kappa shape index (κ3) is 2.87. The maximum Gasteiger partial charge on any atom is 0.257 e. The zero-order chi connectivity index (χ0) is 19.1. The van der Waals surface area contributed by atoms with E-state index < -0.39 is 0 Å². The first-order valence-corrected chi connectivity index (χ1v) is 9.17. The molecule has 1 aliphatic carbocycles. The van der Waals surface area contributed by atoms with Gasteiger partial charge in [0.05, 0.1) is 30.4 Å². The minimum absolute atomic E-state index is 0.389. The van der Waals surface area contributed by atoms with Crippen molar-refractivity contribution in [1.29, 1.82) is 0 Å². The van der Waals surface area contributed by atoms with Crippen molar-refractivity contribution < 1.29 is 18.4 Å². The Morgan fingerprint density at radius 1 is 1.07 bits per heavy atom. The maximum atomic E-state index is 5.89. The molecule has 3 heterocycles. The molecule has 4 aromatic rings. The molecule has 28 heavy (non-hydrogen) atoms. The van der Waals surface area contributed by atoms with Crippen LogP contribution in [0.1, 0.15) is 31.4 Å². The van der Waals surface area contributed by atoms with Gasteiger partial charge in [-0.2, -0.15) is 0 Å². The Morgan fingerprint density at radius 3 is 2.64 bits per heavy atom. The van der Waals surface area contributed by atoms with Gasteiger partial charge in [-0.3, -0.25) is 0 Å². The van der Waals surface area contributed by atoms with Crippen LogP contribution >= 0.6 is 0 Å². The van der Waals surface area contributed by atoms with Crippen LogP contribution in [0.4, 0.5) is 0 Å². The fourth-order valence-corrected chi connectivity index (χ4v) is 3.15. The third-order valence-corrected chi connectivity index (χ3v) is 4.70. The standard InChI is InChI=1S/C20H18N4O4/c1-3-26-15-7-6-12(9-16(15)25-2)18-22-23-19(27-18)13-8-14-17(11-4-5-11)24-28-20(14)21-10-13/h6-11H,3-5H2,1-2H3. The molecule has 1 aromatic carbocycles. The number of methoxy groups -OCH3 is 1. The topological polar surface area (TPSA) is 96.3 Å². The molecule has 0 radical (unpaired) electrons. The van der Waals surface area contributed by atoms with Gasteiger partial charge in [-0.05, 0) is 44.0 Å². The van der Waals surface area contributed by atoms with Gasteiger partial charge in [0.15, 0.2) is 11.5 Å². The molecule has 0 N–H and O–H groups in total. The van der Waals surface area contributed by atoms with E-state index in [2.05, 4.69) is 20.3 Å². The van der Waals surface area contributed by atoms with Crippen LogP contribution in [0.2, 0.25) is 0 Å². The quantitative estimate of drug-likeness (QED) is 0.492. The van der Waals surface area contributed by atoms with Crippen LogP contribution in [0.3, 0.4) is 0 Å². The van der Waals surface area contributed by atoms with Crippen molar-refractivity contribution in [3.05, 3.63) is 36.2 Å². The van der Waals surface area contributed by atoms with E-state index >= 15 is 0 Å². The number of ether oxygens (including phenoxy) is 2. The van der Waals surface area contributed by atoms with E-state index in [1.807, 2.05) is 31.2 Å². The number of aromatic nitrogens is 4. The minimum atomic E-state index is 0.389. The maximum absolute atomic E-state index is 5.89. The van der Waals surface area contributed by atoms with Crippen molar-refractivity contribution in [3.8, 4) is 34.4 Å². The average molecular weight is 378 g/mol. The van der Waals surface area contributed by atoms with Gasteiger partial charge in [0, 0.05) is 17.7 Å².